The average Bonchev–Trinajstić information content (AvgIpc) is 3.44. The van der Waals surface area contributed by atoms with E-state index >= 15 is 0 Å². The van der Waals surface area contributed by atoms with Crippen LogP contribution in [0.1, 0.15) is 67.7 Å². The lowest BCUT2D eigenvalue weighted by Crippen LogP contribution is -2.35. The molecular weight excluding hydrogens is 455 g/mol. The van der Waals surface area contributed by atoms with Gasteiger partial charge in [-0.3, -0.25) is 0 Å². The molecule has 0 bridgehead atoms. The van der Waals surface area contributed by atoms with E-state index in [0.717, 1.165) is 48.2 Å². The number of rotatable bonds is 2. The molecule has 0 aliphatic carbocycles. The van der Waals surface area contributed by atoms with Crippen molar-refractivity contribution in [3.8, 4) is 0 Å². The van der Waals surface area contributed by atoms with Crippen molar-refractivity contribution in [1.29, 1.82) is 0 Å². The molecule has 0 saturated carbocycles. The van der Waals surface area contributed by atoms with Crippen LogP contribution in [0.15, 0.2) is 36.4 Å². The summed E-state index contributed by atoms with van der Waals surface area (Å²) in [5, 5.41) is 5.03. The standard InChI is InChI=1S/C16H22ClNO2.C11H14ClN/c1-11-9-12(5-6-14(11)17)13-7-8-18(10-13)15(19)20-16(2,3)4;1-8-6-9(2-3-11(8)12)10-4-5-13-7-10/h5-6,9,13H,7-8,10H2,1-4H3;2-3,6,10,13H,4-5,7H2,1H3. The molecule has 2 aromatic carbocycles. The number of hydrogen-bond donors (Lipinski definition) is 1. The Hall–Kier alpha value is -1.75. The van der Waals surface area contributed by atoms with E-state index in [4.69, 9.17) is 27.9 Å². The van der Waals surface area contributed by atoms with Crippen LogP contribution in [0, 0.1) is 13.8 Å². The van der Waals surface area contributed by atoms with E-state index in [-0.39, 0.29) is 6.09 Å². The van der Waals surface area contributed by atoms with Crippen molar-refractivity contribution in [2.24, 2.45) is 0 Å². The summed E-state index contributed by atoms with van der Waals surface area (Å²) in [6.45, 7) is 13.5. The molecule has 2 heterocycles. The highest BCUT2D eigenvalue weighted by Gasteiger charge is 2.30. The van der Waals surface area contributed by atoms with E-state index in [9.17, 15) is 4.79 Å². The van der Waals surface area contributed by atoms with E-state index < -0.39 is 5.60 Å². The third-order valence-corrected chi connectivity index (χ3v) is 7.06. The lowest BCUT2D eigenvalue weighted by molar-refractivity contribution is 0.0292. The first-order chi connectivity index (χ1) is 15.5. The minimum Gasteiger partial charge on any atom is -0.444 e. The van der Waals surface area contributed by atoms with Gasteiger partial charge in [0.1, 0.15) is 5.60 Å². The smallest absolute Gasteiger partial charge is 0.410 e. The SMILES string of the molecule is Cc1cc(C2CCN(C(=O)OC(C)(C)C)C2)ccc1Cl.Cc1cc(C2CCNC2)ccc1Cl. The zero-order chi connectivity index (χ0) is 24.2. The second-order valence-corrected chi connectivity index (χ2v) is 10.9. The number of carbonyl (C=O) groups excluding carboxylic acids is 1. The number of nitrogens with zero attached hydrogens (tertiary/aromatic N) is 1. The fourth-order valence-electron chi connectivity index (χ4n) is 4.31. The number of amides is 1. The van der Waals surface area contributed by atoms with Crippen molar-refractivity contribution in [1.82, 2.24) is 10.2 Å². The summed E-state index contributed by atoms with van der Waals surface area (Å²) in [5.74, 6) is 1.06. The molecule has 180 valence electrons. The molecule has 2 fully saturated rings. The molecule has 0 radical (unpaired) electrons. The first-order valence-corrected chi connectivity index (χ1v) is 12.5. The Morgan fingerprint density at radius 2 is 1.55 bits per heavy atom. The molecule has 2 aromatic rings. The molecule has 4 nitrogen and oxygen atoms in total. The van der Waals surface area contributed by atoms with Gasteiger partial charge in [-0.05, 0) is 94.3 Å². The molecule has 2 unspecified atom stereocenters. The first-order valence-electron chi connectivity index (χ1n) is 11.7. The van der Waals surface area contributed by atoms with Crippen LogP contribution in [0.4, 0.5) is 4.79 Å². The molecule has 2 aliphatic heterocycles. The van der Waals surface area contributed by atoms with Gasteiger partial charge in [-0.2, -0.15) is 0 Å². The summed E-state index contributed by atoms with van der Waals surface area (Å²) in [5.41, 5.74) is 4.50. The molecule has 0 aromatic heterocycles. The molecule has 1 N–H and O–H groups in total. The van der Waals surface area contributed by atoms with Crippen LogP contribution >= 0.6 is 23.2 Å². The summed E-state index contributed by atoms with van der Waals surface area (Å²) in [6, 6.07) is 12.5. The Bertz CT molecular complexity index is 965. The van der Waals surface area contributed by atoms with Crippen molar-refractivity contribution < 1.29 is 9.53 Å². The second kappa shape index (κ2) is 11.1. The predicted octanol–water partition coefficient (Wildman–Crippen LogP) is 7.10. The second-order valence-electron chi connectivity index (χ2n) is 10.1. The number of hydrogen-bond acceptors (Lipinski definition) is 3. The van der Waals surface area contributed by atoms with Crippen molar-refractivity contribution in [3.05, 3.63) is 68.7 Å². The third kappa shape index (κ3) is 7.37. The summed E-state index contributed by atoms with van der Waals surface area (Å²) < 4.78 is 5.41. The predicted molar refractivity (Wildman–Crippen MR) is 138 cm³/mol. The maximum absolute atomic E-state index is 12.0. The normalized spacial score (nSPS) is 20.4. The average molecular weight is 492 g/mol. The minimum absolute atomic E-state index is 0.217. The van der Waals surface area contributed by atoms with Crippen LogP contribution in [0.5, 0.6) is 0 Å². The Morgan fingerprint density at radius 3 is 2.03 bits per heavy atom. The molecule has 33 heavy (non-hydrogen) atoms. The number of ether oxygens (including phenoxy) is 1. The minimum atomic E-state index is -0.438. The highest BCUT2D eigenvalue weighted by molar-refractivity contribution is 6.31. The van der Waals surface area contributed by atoms with Gasteiger partial charge in [-0.1, -0.05) is 47.5 Å². The molecule has 2 saturated heterocycles. The summed E-state index contributed by atoms with van der Waals surface area (Å²) in [6.07, 6.45) is 2.01. The first kappa shape index (κ1) is 25.9. The zero-order valence-electron chi connectivity index (χ0n) is 20.4. The van der Waals surface area contributed by atoms with Gasteiger partial charge in [-0.15, -0.1) is 0 Å². The molecule has 0 spiro atoms. The number of carbonyl (C=O) groups is 1. The quantitative estimate of drug-likeness (QED) is 0.487. The topological polar surface area (TPSA) is 41.6 Å². The van der Waals surface area contributed by atoms with Gasteiger partial charge in [0.25, 0.3) is 0 Å². The zero-order valence-corrected chi connectivity index (χ0v) is 21.9. The molecule has 1 amide bonds. The van der Waals surface area contributed by atoms with Gasteiger partial charge in [-0.25, -0.2) is 4.79 Å². The maximum atomic E-state index is 12.0. The highest BCUT2D eigenvalue weighted by Crippen LogP contribution is 2.30. The monoisotopic (exact) mass is 490 g/mol. The number of aryl methyl sites for hydroxylation is 2. The molecule has 4 rings (SSSR count). The summed E-state index contributed by atoms with van der Waals surface area (Å²) in [7, 11) is 0. The maximum Gasteiger partial charge on any atom is 0.410 e. The van der Waals surface area contributed by atoms with Gasteiger partial charge in [0.2, 0.25) is 0 Å². The third-order valence-electron chi connectivity index (χ3n) is 6.21. The fourth-order valence-corrected chi connectivity index (χ4v) is 4.54. The van der Waals surface area contributed by atoms with Gasteiger partial charge in [0.15, 0.2) is 0 Å². The van der Waals surface area contributed by atoms with E-state index in [2.05, 4.69) is 36.5 Å². The van der Waals surface area contributed by atoms with E-state index in [1.54, 1.807) is 4.90 Å². The Balaban J connectivity index is 0.000000203. The van der Waals surface area contributed by atoms with Gasteiger partial charge in [0, 0.05) is 35.6 Å². The van der Waals surface area contributed by atoms with E-state index in [1.165, 1.54) is 23.1 Å². The van der Waals surface area contributed by atoms with E-state index in [1.807, 2.05) is 39.8 Å². The van der Waals surface area contributed by atoms with Crippen LogP contribution in [0.3, 0.4) is 0 Å². The van der Waals surface area contributed by atoms with Crippen molar-refractivity contribution in [2.45, 2.75) is 64.9 Å². The van der Waals surface area contributed by atoms with E-state index in [0.29, 0.717) is 11.8 Å². The summed E-state index contributed by atoms with van der Waals surface area (Å²) >= 11 is 12.0. The Morgan fingerprint density at radius 1 is 0.970 bits per heavy atom. The van der Waals surface area contributed by atoms with Crippen LogP contribution in [-0.2, 0) is 4.74 Å². The highest BCUT2D eigenvalue weighted by atomic mass is 35.5. The van der Waals surface area contributed by atoms with Crippen LogP contribution in [0.25, 0.3) is 0 Å². The lowest BCUT2D eigenvalue weighted by atomic mass is 9.97. The van der Waals surface area contributed by atoms with Crippen LogP contribution in [0.2, 0.25) is 10.0 Å². The van der Waals surface area contributed by atoms with Crippen molar-refractivity contribution in [3.63, 3.8) is 0 Å². The van der Waals surface area contributed by atoms with Gasteiger partial charge in [0.05, 0.1) is 0 Å². The summed E-state index contributed by atoms with van der Waals surface area (Å²) in [4.78, 5) is 13.8. The Kier molecular flexibility index (Phi) is 8.71. The van der Waals surface area contributed by atoms with Crippen LogP contribution in [-0.4, -0.2) is 42.8 Å². The van der Waals surface area contributed by atoms with Crippen molar-refractivity contribution in [2.75, 3.05) is 26.2 Å². The van der Waals surface area contributed by atoms with Crippen LogP contribution < -0.4 is 5.32 Å². The largest absolute Gasteiger partial charge is 0.444 e. The van der Waals surface area contributed by atoms with Crippen molar-refractivity contribution >= 4 is 29.3 Å². The number of likely N-dealkylation sites (tertiary alicyclic amines) is 1. The lowest BCUT2D eigenvalue weighted by Gasteiger charge is -2.24. The number of benzene rings is 2. The molecular formula is C27H36Cl2N2O2. The fraction of sp³-hybridized carbons (Fsp3) is 0.519. The Labute approximate surface area is 208 Å². The number of halogens is 2. The molecule has 2 atom stereocenters. The van der Waals surface area contributed by atoms with Gasteiger partial charge >= 0.3 is 6.09 Å². The molecule has 2 aliphatic rings. The molecule has 6 heteroatoms. The number of nitrogens with one attached hydrogen (secondary N) is 1. The van der Waals surface area contributed by atoms with Gasteiger partial charge < -0.3 is 15.0 Å².